The van der Waals surface area contributed by atoms with Crippen LogP contribution in [0.2, 0.25) is 0 Å². The number of sulfonamides is 1. The number of guanidine groups is 1. The summed E-state index contributed by atoms with van der Waals surface area (Å²) in [5.41, 5.74) is 9.41. The molecule has 0 amide bonds. The predicted molar refractivity (Wildman–Crippen MR) is 137 cm³/mol. The Kier molecular flexibility index (Phi) is 7.04. The lowest BCUT2D eigenvalue weighted by Crippen LogP contribution is -2.36. The summed E-state index contributed by atoms with van der Waals surface area (Å²) in [6.45, 7) is 0.324. The molecule has 8 nitrogen and oxygen atoms in total. The average Bonchev–Trinajstić information content (AvgIpc) is 2.89. The largest absolute Gasteiger partial charge is 0.369 e. The SMILES string of the molecule is N#CN=C(N)N(Cc1ccc(NS(=O)(=O)c2ccccc2-c2ccccc2)cc1)c1ccncc1. The molecule has 4 rings (SSSR count). The van der Waals surface area contributed by atoms with Crippen LogP contribution in [0.3, 0.4) is 0 Å². The fourth-order valence-electron chi connectivity index (χ4n) is 3.57. The van der Waals surface area contributed by atoms with Crippen LogP contribution in [0.4, 0.5) is 11.4 Å². The number of anilines is 2. The van der Waals surface area contributed by atoms with E-state index >= 15 is 0 Å². The van der Waals surface area contributed by atoms with Crippen molar-refractivity contribution in [2.75, 3.05) is 9.62 Å². The molecule has 4 aromatic rings. The van der Waals surface area contributed by atoms with E-state index in [-0.39, 0.29) is 10.9 Å². The Morgan fingerprint density at radius 1 is 0.943 bits per heavy atom. The lowest BCUT2D eigenvalue weighted by molar-refractivity contribution is 0.601. The van der Waals surface area contributed by atoms with Crippen molar-refractivity contribution in [2.24, 2.45) is 10.7 Å². The van der Waals surface area contributed by atoms with E-state index in [0.717, 1.165) is 16.8 Å². The summed E-state index contributed by atoms with van der Waals surface area (Å²) >= 11 is 0. The fourth-order valence-corrected chi connectivity index (χ4v) is 4.86. The first kappa shape index (κ1) is 23.5. The van der Waals surface area contributed by atoms with Crippen LogP contribution >= 0.6 is 0 Å². The minimum Gasteiger partial charge on any atom is -0.369 e. The van der Waals surface area contributed by atoms with Crippen molar-refractivity contribution >= 4 is 27.4 Å². The van der Waals surface area contributed by atoms with Crippen molar-refractivity contribution < 1.29 is 8.42 Å². The third-order valence-corrected chi connectivity index (χ3v) is 6.66. The summed E-state index contributed by atoms with van der Waals surface area (Å²) < 4.78 is 29.1. The van der Waals surface area contributed by atoms with Gasteiger partial charge in [0.05, 0.1) is 11.4 Å². The number of nitrogens with two attached hydrogens (primary N) is 1. The minimum atomic E-state index is -3.83. The molecule has 0 aliphatic rings. The molecule has 0 saturated carbocycles. The van der Waals surface area contributed by atoms with Gasteiger partial charge in [-0.15, -0.1) is 4.99 Å². The molecule has 1 heterocycles. The molecule has 0 bridgehead atoms. The Labute approximate surface area is 204 Å². The van der Waals surface area contributed by atoms with E-state index < -0.39 is 10.0 Å². The number of nitrogens with zero attached hydrogens (tertiary/aromatic N) is 4. The van der Waals surface area contributed by atoms with Crippen molar-refractivity contribution in [3.05, 3.63) is 109 Å². The molecule has 174 valence electrons. The lowest BCUT2D eigenvalue weighted by atomic mass is 10.1. The normalized spacial score (nSPS) is 11.5. The molecule has 0 unspecified atom stereocenters. The van der Waals surface area contributed by atoms with Gasteiger partial charge in [-0.05, 0) is 41.5 Å². The maximum atomic E-state index is 13.2. The van der Waals surface area contributed by atoms with Crippen LogP contribution in [0.1, 0.15) is 5.56 Å². The van der Waals surface area contributed by atoms with Crippen LogP contribution in [-0.4, -0.2) is 19.4 Å². The first-order valence-electron chi connectivity index (χ1n) is 10.6. The highest BCUT2D eigenvalue weighted by atomic mass is 32.2. The molecule has 3 aromatic carbocycles. The van der Waals surface area contributed by atoms with E-state index in [2.05, 4.69) is 14.7 Å². The van der Waals surface area contributed by atoms with Crippen LogP contribution in [0.25, 0.3) is 11.1 Å². The summed E-state index contributed by atoms with van der Waals surface area (Å²) in [7, 11) is -3.83. The quantitative estimate of drug-likeness (QED) is 0.229. The number of hydrogen-bond acceptors (Lipinski definition) is 5. The molecule has 1 aromatic heterocycles. The maximum absolute atomic E-state index is 13.2. The first-order valence-corrected chi connectivity index (χ1v) is 12.1. The smallest absolute Gasteiger partial charge is 0.262 e. The number of rotatable bonds is 7. The van der Waals surface area contributed by atoms with Gasteiger partial charge in [-0.2, -0.15) is 5.26 Å². The molecular weight excluding hydrogens is 460 g/mol. The third kappa shape index (κ3) is 5.63. The Bertz CT molecular complexity index is 1470. The Hall–Kier alpha value is -4.68. The van der Waals surface area contributed by atoms with E-state index in [9.17, 15) is 8.42 Å². The van der Waals surface area contributed by atoms with Gasteiger partial charge in [-0.25, -0.2) is 8.42 Å². The number of aliphatic imine (C=N–C) groups is 1. The van der Waals surface area contributed by atoms with Gasteiger partial charge in [0.2, 0.25) is 12.2 Å². The number of nitriles is 1. The summed E-state index contributed by atoms with van der Waals surface area (Å²) in [4.78, 5) is 9.50. The van der Waals surface area contributed by atoms with Gasteiger partial charge in [-0.1, -0.05) is 60.7 Å². The lowest BCUT2D eigenvalue weighted by Gasteiger charge is -2.23. The monoisotopic (exact) mass is 482 g/mol. The second kappa shape index (κ2) is 10.5. The molecule has 0 spiro atoms. The molecule has 0 aliphatic heterocycles. The summed E-state index contributed by atoms with van der Waals surface area (Å²) in [5.74, 6) is 0.0426. The molecule has 35 heavy (non-hydrogen) atoms. The zero-order valence-corrected chi connectivity index (χ0v) is 19.4. The second-order valence-electron chi connectivity index (χ2n) is 7.53. The van der Waals surface area contributed by atoms with E-state index in [0.29, 0.717) is 17.8 Å². The van der Waals surface area contributed by atoms with E-state index in [1.54, 1.807) is 78.1 Å². The predicted octanol–water partition coefficient (Wildman–Crippen LogP) is 4.35. The highest BCUT2D eigenvalue weighted by Gasteiger charge is 2.19. The number of aromatic nitrogens is 1. The summed E-state index contributed by atoms with van der Waals surface area (Å²) in [6.07, 6.45) is 4.94. The summed E-state index contributed by atoms with van der Waals surface area (Å²) in [6, 6.07) is 26.7. The van der Waals surface area contributed by atoms with Crippen LogP contribution in [0.15, 0.2) is 113 Å². The molecule has 0 radical (unpaired) electrons. The number of pyridine rings is 1. The second-order valence-corrected chi connectivity index (χ2v) is 9.18. The van der Waals surface area contributed by atoms with Gasteiger partial charge in [0, 0.05) is 29.3 Å². The molecule has 0 saturated heterocycles. The van der Waals surface area contributed by atoms with Gasteiger partial charge in [0.25, 0.3) is 10.0 Å². The van der Waals surface area contributed by atoms with Crippen LogP contribution in [0.5, 0.6) is 0 Å². The van der Waals surface area contributed by atoms with Gasteiger partial charge in [-0.3, -0.25) is 9.71 Å². The average molecular weight is 483 g/mol. The first-order chi connectivity index (χ1) is 17.0. The van der Waals surface area contributed by atoms with Gasteiger partial charge >= 0.3 is 0 Å². The van der Waals surface area contributed by atoms with Crippen molar-refractivity contribution in [2.45, 2.75) is 11.4 Å². The molecule has 0 aliphatic carbocycles. The number of hydrogen-bond donors (Lipinski definition) is 2. The Morgan fingerprint density at radius 3 is 2.29 bits per heavy atom. The number of benzene rings is 3. The van der Waals surface area contributed by atoms with Crippen molar-refractivity contribution in [1.29, 1.82) is 5.26 Å². The van der Waals surface area contributed by atoms with Crippen LogP contribution in [-0.2, 0) is 16.6 Å². The fraction of sp³-hybridized carbons (Fsp3) is 0.0385. The van der Waals surface area contributed by atoms with E-state index in [1.165, 1.54) is 0 Å². The molecule has 3 N–H and O–H groups in total. The number of nitrogens with one attached hydrogen (secondary N) is 1. The van der Waals surface area contributed by atoms with Gasteiger partial charge in [0.15, 0.2) is 0 Å². The summed E-state index contributed by atoms with van der Waals surface area (Å²) in [5, 5.41) is 8.91. The van der Waals surface area contributed by atoms with Crippen molar-refractivity contribution in [3.63, 3.8) is 0 Å². The van der Waals surface area contributed by atoms with Crippen LogP contribution < -0.4 is 15.4 Å². The van der Waals surface area contributed by atoms with E-state index in [1.807, 2.05) is 36.4 Å². The Morgan fingerprint density at radius 2 is 1.60 bits per heavy atom. The molecule has 9 heteroatoms. The maximum Gasteiger partial charge on any atom is 0.262 e. The van der Waals surface area contributed by atoms with Crippen molar-refractivity contribution in [3.8, 4) is 17.3 Å². The van der Waals surface area contributed by atoms with Crippen molar-refractivity contribution in [1.82, 2.24) is 4.98 Å². The zero-order chi connectivity index (χ0) is 24.7. The minimum absolute atomic E-state index is 0.0426. The Balaban J connectivity index is 1.56. The van der Waals surface area contributed by atoms with Gasteiger partial charge < -0.3 is 10.6 Å². The zero-order valence-electron chi connectivity index (χ0n) is 18.6. The molecular formula is C26H22N6O2S. The topological polar surface area (TPSA) is 124 Å². The van der Waals surface area contributed by atoms with Crippen LogP contribution in [0, 0.1) is 11.5 Å². The highest BCUT2D eigenvalue weighted by molar-refractivity contribution is 7.92. The van der Waals surface area contributed by atoms with E-state index in [4.69, 9.17) is 11.0 Å². The van der Waals surface area contributed by atoms with Gasteiger partial charge in [0.1, 0.15) is 0 Å². The molecule has 0 fully saturated rings. The highest BCUT2D eigenvalue weighted by Crippen LogP contribution is 2.28. The molecule has 0 atom stereocenters. The standard InChI is InChI=1S/C26H22N6O2S/c27-19-30-26(28)32(23-14-16-29-17-15-23)18-20-10-12-22(13-11-20)31-35(33,34)25-9-5-4-8-24(25)21-6-2-1-3-7-21/h1-17,31H,18H2,(H2,28,30). The third-order valence-electron chi connectivity index (χ3n) is 5.22.